The highest BCUT2D eigenvalue weighted by Crippen LogP contribution is 2.40. The van der Waals surface area contributed by atoms with E-state index in [1.807, 2.05) is 0 Å². The van der Waals surface area contributed by atoms with Crippen LogP contribution in [-0.2, 0) is 25.0 Å². The number of hydrogen-bond donors (Lipinski definition) is 2. The minimum Gasteiger partial charge on any atom is -0.489 e. The van der Waals surface area contributed by atoms with E-state index in [1.165, 1.54) is 51.1 Å². The molecule has 232 valence electrons. The molecule has 3 aromatic carbocycles. The van der Waals surface area contributed by atoms with Crippen LogP contribution < -0.4 is 19.7 Å². The molecule has 2 N–H and O–H groups in total. The van der Waals surface area contributed by atoms with E-state index in [4.69, 9.17) is 9.47 Å². The Kier molecular flexibility index (Phi) is 10.3. The molecule has 0 saturated carbocycles. The Morgan fingerprint density at radius 3 is 2.16 bits per heavy atom. The smallest absolute Gasteiger partial charge is 0.426 e. The van der Waals surface area contributed by atoms with Crippen LogP contribution in [0.5, 0.6) is 5.75 Å². The van der Waals surface area contributed by atoms with Gasteiger partial charge in [0.1, 0.15) is 18.2 Å². The fraction of sp³-hybridized carbons (Fsp3) is 0.310. The molecule has 9 nitrogen and oxygen atoms in total. The molecule has 1 aliphatic rings. The number of alkyl halides is 3. The van der Waals surface area contributed by atoms with Crippen molar-refractivity contribution < 1.29 is 45.0 Å². The van der Waals surface area contributed by atoms with Crippen LogP contribution in [0, 0.1) is 5.82 Å². The van der Waals surface area contributed by atoms with Gasteiger partial charge in [0.2, 0.25) is 12.0 Å². The van der Waals surface area contributed by atoms with Gasteiger partial charge in [-0.1, -0.05) is 44.2 Å². The number of benzene rings is 3. The topological polar surface area (TPSA) is 114 Å². The van der Waals surface area contributed by atoms with Crippen molar-refractivity contribution in [2.24, 2.45) is 0 Å². The summed E-state index contributed by atoms with van der Waals surface area (Å²) in [5, 5.41) is 4.64. The number of carbonyl (C=O) groups is 2. The second-order valence-corrected chi connectivity index (χ2v) is 11.8. The van der Waals surface area contributed by atoms with Gasteiger partial charge in [0.15, 0.2) is 0 Å². The van der Waals surface area contributed by atoms with Crippen LogP contribution in [0.2, 0.25) is 0 Å². The van der Waals surface area contributed by atoms with Crippen molar-refractivity contribution in [2.45, 2.75) is 43.4 Å². The number of halogens is 4. The number of carbonyl (C=O) groups excluding carboxylic acids is 2. The van der Waals surface area contributed by atoms with E-state index in [9.17, 15) is 35.6 Å². The van der Waals surface area contributed by atoms with E-state index in [-0.39, 0.29) is 41.1 Å². The van der Waals surface area contributed by atoms with Crippen LogP contribution in [0.1, 0.15) is 26.3 Å². The first-order chi connectivity index (χ1) is 20.1. The number of nitrogens with one attached hydrogen (secondary N) is 2. The van der Waals surface area contributed by atoms with Gasteiger partial charge < -0.3 is 14.8 Å². The van der Waals surface area contributed by atoms with Crippen LogP contribution in [0.4, 0.5) is 33.7 Å². The van der Waals surface area contributed by atoms with Crippen molar-refractivity contribution in [1.82, 2.24) is 5.32 Å². The fourth-order valence-electron chi connectivity index (χ4n) is 4.15. The maximum absolute atomic E-state index is 14.0. The summed E-state index contributed by atoms with van der Waals surface area (Å²) in [5.41, 5.74) is -1.25. The largest absolute Gasteiger partial charge is 0.489 e. The Labute approximate surface area is 246 Å². The maximum atomic E-state index is 14.0. The number of rotatable bonds is 6. The highest BCUT2D eigenvalue weighted by molar-refractivity contribution is 7.92. The first-order valence-corrected chi connectivity index (χ1v) is 14.3. The van der Waals surface area contributed by atoms with E-state index in [1.54, 1.807) is 25.2 Å². The van der Waals surface area contributed by atoms with Gasteiger partial charge >= 0.3 is 12.3 Å². The van der Waals surface area contributed by atoms with Gasteiger partial charge in [-0.2, -0.15) is 13.2 Å². The molecule has 0 bridgehead atoms. The molecular weight excluding hydrogens is 594 g/mol. The summed E-state index contributed by atoms with van der Waals surface area (Å²) in [6, 6.07) is 16.1. The molecule has 2 amide bonds. The summed E-state index contributed by atoms with van der Waals surface area (Å²) in [4.78, 5) is 22.2. The van der Waals surface area contributed by atoms with Gasteiger partial charge in [0.05, 0.1) is 17.1 Å². The van der Waals surface area contributed by atoms with E-state index in [0.717, 1.165) is 28.6 Å². The Morgan fingerprint density at radius 1 is 1.00 bits per heavy atom. The van der Waals surface area contributed by atoms with Gasteiger partial charge in [0, 0.05) is 25.1 Å². The average Bonchev–Trinajstić information content (AvgIpc) is 2.96. The van der Waals surface area contributed by atoms with E-state index in [2.05, 4.69) is 10.6 Å². The van der Waals surface area contributed by atoms with Crippen molar-refractivity contribution in [1.29, 1.82) is 0 Å². The molecule has 0 radical (unpaired) electrons. The second-order valence-electron chi connectivity index (χ2n) is 9.91. The standard InChI is InChI=1S/C26H24F4N2O5S.C3H7NO/c1-25(2,17-6-4-3-5-7-17)23(26(28,29)30)37-24(33)31-19-10-13-22-21(16-19)32(14-15-36-22)38(34,35)20-11-8-18(27)9-12-20;1-3(5)4-2/h3-13,16,23H,14-15H2,1-2H3,(H,31,33);1-2H3,(H,4,5). The van der Waals surface area contributed by atoms with Gasteiger partial charge in [-0.25, -0.2) is 17.6 Å². The van der Waals surface area contributed by atoms with E-state index < -0.39 is 39.6 Å². The lowest BCUT2D eigenvalue weighted by Crippen LogP contribution is -2.48. The molecule has 0 aromatic heterocycles. The van der Waals surface area contributed by atoms with Crippen LogP contribution >= 0.6 is 0 Å². The van der Waals surface area contributed by atoms with Crippen molar-refractivity contribution in [3.63, 3.8) is 0 Å². The van der Waals surface area contributed by atoms with Gasteiger partial charge in [0.25, 0.3) is 10.0 Å². The normalized spacial score (nSPS) is 13.8. The third kappa shape index (κ3) is 8.15. The maximum Gasteiger partial charge on any atom is 0.426 e. The van der Waals surface area contributed by atoms with Gasteiger partial charge in [-0.3, -0.25) is 14.4 Å². The lowest BCUT2D eigenvalue weighted by Gasteiger charge is -2.35. The Hall–Kier alpha value is -4.33. The molecule has 1 atom stereocenters. The third-order valence-electron chi connectivity index (χ3n) is 6.48. The summed E-state index contributed by atoms with van der Waals surface area (Å²) in [6.07, 6.45) is -8.73. The highest BCUT2D eigenvalue weighted by Gasteiger charge is 2.52. The fourth-order valence-corrected chi connectivity index (χ4v) is 5.60. The number of sulfonamides is 1. The second kappa shape index (κ2) is 13.3. The summed E-state index contributed by atoms with van der Waals surface area (Å²) >= 11 is 0. The van der Waals surface area contributed by atoms with Crippen molar-refractivity contribution in [3.8, 4) is 5.75 Å². The SMILES string of the molecule is CC(C)(c1ccccc1)C(OC(=O)Nc1ccc2c(c1)N(S(=O)(=O)c1ccc(F)cc1)CCO2)C(F)(F)F.CNC(C)=O. The molecule has 4 rings (SSSR count). The number of ether oxygens (including phenoxy) is 2. The Balaban J connectivity index is 0.000000934. The zero-order valence-corrected chi connectivity index (χ0v) is 24.6. The quantitative estimate of drug-likeness (QED) is 0.344. The lowest BCUT2D eigenvalue weighted by atomic mass is 9.79. The molecule has 0 spiro atoms. The lowest BCUT2D eigenvalue weighted by molar-refractivity contribution is -0.219. The average molecular weight is 626 g/mol. The molecular formula is C29H31F4N3O6S. The van der Waals surface area contributed by atoms with E-state index in [0.29, 0.717) is 5.56 Å². The van der Waals surface area contributed by atoms with Gasteiger partial charge in [-0.15, -0.1) is 0 Å². The van der Waals surface area contributed by atoms with Crippen LogP contribution in [0.25, 0.3) is 0 Å². The molecule has 43 heavy (non-hydrogen) atoms. The minimum atomic E-state index is -4.87. The number of anilines is 2. The van der Waals surface area contributed by atoms with Crippen LogP contribution in [0.3, 0.4) is 0 Å². The first kappa shape index (κ1) is 33.2. The van der Waals surface area contributed by atoms with Crippen molar-refractivity contribution in [3.05, 3.63) is 84.2 Å². The molecule has 1 heterocycles. The number of fused-ring (bicyclic) bond motifs is 1. The summed E-state index contributed by atoms with van der Waals surface area (Å²) < 4.78 is 93.1. The number of amides is 2. The Bertz CT molecular complexity index is 1530. The Morgan fingerprint density at radius 2 is 1.60 bits per heavy atom. The molecule has 1 aliphatic heterocycles. The van der Waals surface area contributed by atoms with Crippen molar-refractivity contribution >= 4 is 33.4 Å². The molecule has 0 aliphatic carbocycles. The molecule has 3 aromatic rings. The number of hydrogen-bond acceptors (Lipinski definition) is 6. The molecule has 1 unspecified atom stereocenters. The van der Waals surface area contributed by atoms with Crippen LogP contribution in [0.15, 0.2) is 77.7 Å². The monoisotopic (exact) mass is 625 g/mol. The van der Waals surface area contributed by atoms with Gasteiger partial charge in [-0.05, 0) is 48.0 Å². The molecule has 14 heteroatoms. The molecule has 0 fully saturated rings. The summed E-state index contributed by atoms with van der Waals surface area (Å²) in [7, 11) is -2.53. The first-order valence-electron chi connectivity index (χ1n) is 12.9. The zero-order valence-electron chi connectivity index (χ0n) is 23.7. The third-order valence-corrected chi connectivity index (χ3v) is 8.30. The highest BCUT2D eigenvalue weighted by atomic mass is 32.2. The zero-order chi connectivity index (χ0) is 32.0. The van der Waals surface area contributed by atoms with Crippen LogP contribution in [-0.4, -0.2) is 52.9 Å². The minimum absolute atomic E-state index is 0.00463. The summed E-state index contributed by atoms with van der Waals surface area (Å²) in [5.74, 6) is -0.423. The summed E-state index contributed by atoms with van der Waals surface area (Å²) in [6.45, 7) is 4.07. The molecule has 0 saturated heterocycles. The van der Waals surface area contributed by atoms with Crippen molar-refractivity contribution in [2.75, 3.05) is 29.8 Å². The predicted octanol–water partition coefficient (Wildman–Crippen LogP) is 5.62. The van der Waals surface area contributed by atoms with E-state index >= 15 is 0 Å². The number of nitrogens with zero attached hydrogens (tertiary/aromatic N) is 1. The predicted molar refractivity (Wildman–Crippen MR) is 152 cm³/mol.